The highest BCUT2D eigenvalue weighted by molar-refractivity contribution is 7.89. The fourth-order valence-corrected chi connectivity index (χ4v) is 5.26. The maximum absolute atomic E-state index is 13.0. The van der Waals surface area contributed by atoms with Crippen molar-refractivity contribution in [2.45, 2.75) is 38.0 Å². The molecule has 1 amide bonds. The number of nitrogens with one attached hydrogen (secondary N) is 1. The third-order valence-corrected chi connectivity index (χ3v) is 7.38. The van der Waals surface area contributed by atoms with Crippen LogP contribution in [0.2, 0.25) is 0 Å². The number of methoxy groups -OCH3 is 1. The van der Waals surface area contributed by atoms with E-state index >= 15 is 0 Å². The van der Waals surface area contributed by atoms with Crippen molar-refractivity contribution in [1.29, 1.82) is 0 Å². The molecule has 1 aliphatic heterocycles. The number of nitrogens with zero attached hydrogens (tertiary/aromatic N) is 1. The lowest BCUT2D eigenvalue weighted by Crippen LogP contribution is -2.41. The monoisotopic (exact) mass is 416 g/mol. The molecule has 29 heavy (non-hydrogen) atoms. The van der Waals surface area contributed by atoms with Gasteiger partial charge in [-0.15, -0.1) is 0 Å². The topological polar surface area (TPSA) is 75.7 Å². The number of carbonyl (C=O) groups is 1. The van der Waals surface area contributed by atoms with Crippen molar-refractivity contribution in [2.24, 2.45) is 5.92 Å². The number of rotatable bonds is 6. The number of hydrogen-bond acceptors (Lipinski definition) is 4. The first-order valence-corrected chi connectivity index (χ1v) is 11.3. The lowest BCUT2D eigenvalue weighted by Gasteiger charge is -2.30. The molecule has 1 N–H and O–H groups in total. The van der Waals surface area contributed by atoms with Gasteiger partial charge >= 0.3 is 0 Å². The Labute approximate surface area is 172 Å². The largest absolute Gasteiger partial charge is 0.496 e. The third-order valence-electron chi connectivity index (χ3n) is 5.48. The minimum Gasteiger partial charge on any atom is -0.496 e. The van der Waals surface area contributed by atoms with Crippen molar-refractivity contribution in [3.8, 4) is 5.75 Å². The molecule has 1 fully saturated rings. The molecule has 6 nitrogen and oxygen atoms in total. The summed E-state index contributed by atoms with van der Waals surface area (Å²) >= 11 is 0. The summed E-state index contributed by atoms with van der Waals surface area (Å²) in [6, 6.07) is 12.6. The predicted octanol–water partition coefficient (Wildman–Crippen LogP) is 3.61. The Morgan fingerprint density at radius 1 is 1.17 bits per heavy atom. The Morgan fingerprint density at radius 3 is 2.48 bits per heavy atom. The minimum absolute atomic E-state index is 0.0387. The number of hydrogen-bond donors (Lipinski definition) is 1. The minimum atomic E-state index is -3.58. The van der Waals surface area contributed by atoms with E-state index in [-0.39, 0.29) is 16.7 Å². The molecule has 0 radical (unpaired) electrons. The van der Waals surface area contributed by atoms with Gasteiger partial charge in [0.1, 0.15) is 5.75 Å². The normalized spacial score (nSPS) is 15.8. The van der Waals surface area contributed by atoms with E-state index in [2.05, 4.69) is 12.2 Å². The van der Waals surface area contributed by atoms with Crippen LogP contribution in [0.3, 0.4) is 0 Å². The molecular formula is C22H28N2O4S. The number of ether oxygens (including phenoxy) is 1. The van der Waals surface area contributed by atoms with Crippen LogP contribution in [0.1, 0.15) is 30.9 Å². The number of sulfonamides is 1. The van der Waals surface area contributed by atoms with Crippen LogP contribution in [0, 0.1) is 12.8 Å². The number of anilines is 1. The Morgan fingerprint density at radius 2 is 1.86 bits per heavy atom. The van der Waals surface area contributed by atoms with Gasteiger partial charge in [0.15, 0.2) is 0 Å². The summed E-state index contributed by atoms with van der Waals surface area (Å²) in [6.45, 7) is 4.54. The second-order valence-electron chi connectivity index (χ2n) is 7.31. The van der Waals surface area contributed by atoms with Gasteiger partial charge in [-0.1, -0.05) is 25.1 Å². The van der Waals surface area contributed by atoms with Crippen molar-refractivity contribution < 1.29 is 17.9 Å². The Kier molecular flexibility index (Phi) is 6.59. The second-order valence-corrected chi connectivity index (χ2v) is 9.25. The Balaban J connectivity index is 1.65. The summed E-state index contributed by atoms with van der Waals surface area (Å²) in [5, 5.41) is 3.02. The highest BCUT2D eigenvalue weighted by Crippen LogP contribution is 2.28. The van der Waals surface area contributed by atoms with Crippen LogP contribution in [0.5, 0.6) is 5.75 Å². The number of carbonyl (C=O) groups excluding carboxylic acids is 1. The summed E-state index contributed by atoms with van der Waals surface area (Å²) in [6.07, 6.45) is 1.86. The van der Waals surface area contributed by atoms with Crippen molar-refractivity contribution in [1.82, 2.24) is 4.31 Å². The van der Waals surface area contributed by atoms with Gasteiger partial charge in [-0.3, -0.25) is 4.79 Å². The number of piperidine rings is 1. The van der Waals surface area contributed by atoms with Gasteiger partial charge < -0.3 is 10.1 Å². The molecule has 0 spiro atoms. The standard InChI is InChI=1S/C22H28N2O4S/c1-4-17-7-5-6-8-20(17)23-22(25)18-11-13-24(14-12-18)29(26,27)19-9-10-21(28-3)16(2)15-19/h5-10,15,18H,4,11-14H2,1-3H3,(H,23,25). The zero-order valence-electron chi connectivity index (χ0n) is 17.1. The second kappa shape index (κ2) is 8.97. The molecule has 0 bridgehead atoms. The van der Waals surface area contributed by atoms with Gasteiger partial charge in [0.25, 0.3) is 0 Å². The predicted molar refractivity (Wildman–Crippen MR) is 114 cm³/mol. The van der Waals surface area contributed by atoms with Gasteiger partial charge in [0.05, 0.1) is 12.0 Å². The molecule has 3 rings (SSSR count). The SMILES string of the molecule is CCc1ccccc1NC(=O)C1CCN(S(=O)(=O)c2ccc(OC)c(C)c2)CC1. The number of benzene rings is 2. The quantitative estimate of drug-likeness (QED) is 0.781. The fourth-order valence-electron chi connectivity index (χ4n) is 3.70. The van der Waals surface area contributed by atoms with Crippen LogP contribution in [0.25, 0.3) is 0 Å². The Bertz CT molecular complexity index is 980. The maximum atomic E-state index is 13.0. The molecule has 1 aliphatic rings. The lowest BCUT2D eigenvalue weighted by atomic mass is 9.97. The molecule has 7 heteroatoms. The third kappa shape index (κ3) is 4.62. The molecule has 0 aromatic heterocycles. The van der Waals surface area contributed by atoms with Crippen LogP contribution in [-0.4, -0.2) is 38.8 Å². The van der Waals surface area contributed by atoms with Crippen LogP contribution in [0.4, 0.5) is 5.69 Å². The van der Waals surface area contributed by atoms with Crippen LogP contribution in [0.15, 0.2) is 47.4 Å². The van der Waals surface area contributed by atoms with Gasteiger partial charge in [-0.05, 0) is 61.6 Å². The highest BCUT2D eigenvalue weighted by Gasteiger charge is 2.32. The fraction of sp³-hybridized carbons (Fsp3) is 0.409. The molecule has 1 heterocycles. The summed E-state index contributed by atoms with van der Waals surface area (Å²) in [5.74, 6) is 0.430. The van der Waals surface area contributed by atoms with E-state index in [0.29, 0.717) is 31.7 Å². The van der Waals surface area contributed by atoms with Gasteiger partial charge in [0, 0.05) is 24.7 Å². The van der Waals surface area contributed by atoms with Crippen molar-refractivity contribution in [3.63, 3.8) is 0 Å². The van der Waals surface area contributed by atoms with Crippen molar-refractivity contribution >= 4 is 21.6 Å². The number of amides is 1. The first kappa shape index (κ1) is 21.3. The smallest absolute Gasteiger partial charge is 0.243 e. The van der Waals surface area contributed by atoms with Crippen LogP contribution < -0.4 is 10.1 Å². The maximum Gasteiger partial charge on any atom is 0.243 e. The number of para-hydroxylation sites is 1. The molecule has 2 aromatic rings. The van der Waals surface area contributed by atoms with Gasteiger partial charge in [-0.2, -0.15) is 4.31 Å². The van der Waals surface area contributed by atoms with E-state index < -0.39 is 10.0 Å². The average molecular weight is 417 g/mol. The summed E-state index contributed by atoms with van der Waals surface area (Å²) in [4.78, 5) is 12.9. The molecule has 2 aromatic carbocycles. The molecule has 0 atom stereocenters. The van der Waals surface area contributed by atoms with E-state index in [0.717, 1.165) is 23.2 Å². The molecule has 0 unspecified atom stereocenters. The van der Waals surface area contributed by atoms with E-state index in [1.54, 1.807) is 25.3 Å². The summed E-state index contributed by atoms with van der Waals surface area (Å²) in [7, 11) is -2.02. The van der Waals surface area contributed by atoms with Crippen LogP contribution >= 0.6 is 0 Å². The van der Waals surface area contributed by atoms with Crippen molar-refractivity contribution in [2.75, 3.05) is 25.5 Å². The lowest BCUT2D eigenvalue weighted by molar-refractivity contribution is -0.120. The zero-order valence-corrected chi connectivity index (χ0v) is 18.0. The van der Waals surface area contributed by atoms with E-state index in [1.165, 1.54) is 4.31 Å². The first-order valence-electron chi connectivity index (χ1n) is 9.90. The Hall–Kier alpha value is -2.38. The van der Waals surface area contributed by atoms with E-state index in [9.17, 15) is 13.2 Å². The van der Waals surface area contributed by atoms with E-state index in [1.807, 2.05) is 31.2 Å². The highest BCUT2D eigenvalue weighted by atomic mass is 32.2. The summed E-state index contributed by atoms with van der Waals surface area (Å²) in [5.41, 5.74) is 2.71. The van der Waals surface area contributed by atoms with E-state index in [4.69, 9.17) is 4.74 Å². The number of aryl methyl sites for hydroxylation is 2. The molecule has 0 saturated carbocycles. The van der Waals surface area contributed by atoms with Gasteiger partial charge in [0.2, 0.25) is 15.9 Å². The zero-order chi connectivity index (χ0) is 21.0. The van der Waals surface area contributed by atoms with Gasteiger partial charge in [-0.25, -0.2) is 8.42 Å². The summed E-state index contributed by atoms with van der Waals surface area (Å²) < 4.78 is 32.6. The molecule has 156 valence electrons. The van der Waals surface area contributed by atoms with Crippen LogP contribution in [-0.2, 0) is 21.2 Å². The van der Waals surface area contributed by atoms with Crippen molar-refractivity contribution in [3.05, 3.63) is 53.6 Å². The first-order chi connectivity index (χ1) is 13.9. The molecular weight excluding hydrogens is 388 g/mol. The molecule has 0 aliphatic carbocycles. The molecule has 1 saturated heterocycles. The average Bonchev–Trinajstić information content (AvgIpc) is 2.74.